The molecule has 0 aliphatic carbocycles. The summed E-state index contributed by atoms with van der Waals surface area (Å²) in [6.45, 7) is 12.6. The Kier molecular flexibility index (Phi) is 7.47. The molecule has 198 valence electrons. The highest BCUT2D eigenvalue weighted by Crippen LogP contribution is 2.23. The lowest BCUT2D eigenvalue weighted by atomic mass is 10.2. The van der Waals surface area contributed by atoms with Gasteiger partial charge in [0.05, 0.1) is 17.8 Å². The summed E-state index contributed by atoms with van der Waals surface area (Å²) in [4.78, 5) is 29.8. The quantitative estimate of drug-likeness (QED) is 0.525. The fourth-order valence-corrected chi connectivity index (χ4v) is 4.31. The van der Waals surface area contributed by atoms with Crippen molar-refractivity contribution in [2.45, 2.75) is 52.3 Å². The highest BCUT2D eigenvalue weighted by Gasteiger charge is 2.24. The van der Waals surface area contributed by atoms with Crippen LogP contribution < -0.4 is 20.8 Å². The number of nitrogens with one attached hydrogen (secondary N) is 1. The van der Waals surface area contributed by atoms with Gasteiger partial charge in [0.25, 0.3) is 0 Å². The first kappa shape index (κ1) is 26.1. The van der Waals surface area contributed by atoms with E-state index in [1.54, 1.807) is 32.9 Å². The van der Waals surface area contributed by atoms with Gasteiger partial charge in [-0.05, 0) is 83.1 Å². The number of anilines is 2. The minimum atomic E-state index is -0.599. The van der Waals surface area contributed by atoms with Gasteiger partial charge in [0.15, 0.2) is 0 Å². The number of aromatic nitrogens is 3. The number of hydrogen-bond acceptors (Lipinski definition) is 7. The van der Waals surface area contributed by atoms with Crippen molar-refractivity contribution in [3.63, 3.8) is 0 Å². The van der Waals surface area contributed by atoms with Crippen LogP contribution in [0.25, 0.3) is 5.69 Å². The lowest BCUT2D eigenvalue weighted by molar-refractivity contribution is 0.0493. The third kappa shape index (κ3) is 6.25. The first-order chi connectivity index (χ1) is 17.5. The molecule has 0 saturated carbocycles. The summed E-state index contributed by atoms with van der Waals surface area (Å²) in [7, 11) is 0. The van der Waals surface area contributed by atoms with Crippen molar-refractivity contribution in [2.24, 2.45) is 0 Å². The average molecular weight is 509 g/mol. The lowest BCUT2D eigenvalue weighted by Crippen LogP contribution is -2.46. The number of ether oxygens (including phenoxy) is 1. The van der Waals surface area contributed by atoms with Crippen molar-refractivity contribution in [1.82, 2.24) is 19.7 Å². The number of carbonyl (C=O) groups is 1. The normalized spacial score (nSPS) is 15.8. The fraction of sp³-hybridized carbons (Fsp3) is 0.444. The average Bonchev–Trinajstić information content (AvgIpc) is 3.24. The van der Waals surface area contributed by atoms with E-state index >= 15 is 0 Å². The number of phenols is 1. The molecule has 1 fully saturated rings. The first-order valence-corrected chi connectivity index (χ1v) is 12.6. The number of hydrogen-bond donors (Lipinski definition) is 2. The van der Waals surface area contributed by atoms with E-state index in [2.05, 4.69) is 20.2 Å². The van der Waals surface area contributed by atoms with E-state index in [4.69, 9.17) is 4.74 Å². The second kappa shape index (κ2) is 10.6. The molecule has 3 aromatic rings. The van der Waals surface area contributed by atoms with Crippen LogP contribution >= 0.6 is 0 Å². The number of alkyl carbamates (subject to hydrolysis) is 1. The smallest absolute Gasteiger partial charge is 0.407 e. The molecular weight excluding hydrogens is 472 g/mol. The van der Waals surface area contributed by atoms with E-state index in [1.165, 1.54) is 15.6 Å². The Bertz CT molecular complexity index is 1250. The second-order valence-corrected chi connectivity index (χ2v) is 10.4. The third-order valence-electron chi connectivity index (χ3n) is 6.53. The van der Waals surface area contributed by atoms with Crippen LogP contribution in [0.4, 0.5) is 16.2 Å². The molecule has 10 heteroatoms. The summed E-state index contributed by atoms with van der Waals surface area (Å²) in [6, 6.07) is 14.4. The molecule has 1 saturated heterocycles. The predicted octanol–water partition coefficient (Wildman–Crippen LogP) is 3.54. The van der Waals surface area contributed by atoms with Crippen molar-refractivity contribution in [2.75, 3.05) is 36.0 Å². The van der Waals surface area contributed by atoms with Crippen LogP contribution in [0.1, 0.15) is 40.7 Å². The van der Waals surface area contributed by atoms with Gasteiger partial charge in [0.1, 0.15) is 17.7 Å². The SMILES string of the molecule is C[C@@H](NC(=O)OC(C)(C)C)[C@H](C)n1ncn(-c2ccc(N3CCN(c4ccc(O)cc4)CC3)cc2)c1=O. The molecule has 1 aliphatic heterocycles. The number of piperazine rings is 1. The van der Waals surface area contributed by atoms with Crippen LogP contribution in [0, 0.1) is 0 Å². The van der Waals surface area contributed by atoms with Gasteiger partial charge < -0.3 is 25.0 Å². The largest absolute Gasteiger partial charge is 0.508 e. The van der Waals surface area contributed by atoms with Crippen molar-refractivity contribution in [1.29, 1.82) is 0 Å². The monoisotopic (exact) mass is 508 g/mol. The fourth-order valence-electron chi connectivity index (χ4n) is 4.31. The van der Waals surface area contributed by atoms with Gasteiger partial charge in [0, 0.05) is 37.6 Å². The molecule has 1 aliphatic rings. The summed E-state index contributed by atoms with van der Waals surface area (Å²) < 4.78 is 8.19. The van der Waals surface area contributed by atoms with Crippen LogP contribution in [-0.2, 0) is 4.74 Å². The Labute approximate surface area is 217 Å². The molecular formula is C27H36N6O4. The topological polar surface area (TPSA) is 105 Å². The van der Waals surface area contributed by atoms with E-state index in [9.17, 15) is 14.7 Å². The first-order valence-electron chi connectivity index (χ1n) is 12.6. The Morgan fingerprint density at radius 1 is 0.919 bits per heavy atom. The Morgan fingerprint density at radius 2 is 1.41 bits per heavy atom. The standard InChI is InChI=1S/C27H36N6O4/c1-19(29-25(35)37-27(3,4)5)20(2)33-26(36)32(18-28-33)23-8-6-21(7-9-23)30-14-16-31(17-15-30)22-10-12-24(34)13-11-22/h6-13,18-20,34H,14-17H2,1-5H3,(H,29,35)/t19-,20+/m1/s1. The van der Waals surface area contributed by atoms with Gasteiger partial charge in [-0.25, -0.2) is 18.8 Å². The second-order valence-electron chi connectivity index (χ2n) is 10.4. The lowest BCUT2D eigenvalue weighted by Gasteiger charge is -2.37. The van der Waals surface area contributed by atoms with Crippen LogP contribution in [0.5, 0.6) is 5.75 Å². The molecule has 2 N–H and O–H groups in total. The number of carbonyl (C=O) groups excluding carboxylic acids is 1. The van der Waals surface area contributed by atoms with Gasteiger partial charge in [0.2, 0.25) is 0 Å². The molecule has 1 aromatic heterocycles. The molecule has 0 spiro atoms. The highest BCUT2D eigenvalue weighted by atomic mass is 16.6. The number of aromatic hydroxyl groups is 1. The summed E-state index contributed by atoms with van der Waals surface area (Å²) in [5.74, 6) is 0.272. The van der Waals surface area contributed by atoms with Crippen molar-refractivity contribution < 1.29 is 14.6 Å². The van der Waals surface area contributed by atoms with E-state index in [0.29, 0.717) is 0 Å². The van der Waals surface area contributed by atoms with Crippen molar-refractivity contribution >= 4 is 17.5 Å². The Balaban J connectivity index is 1.38. The van der Waals surface area contributed by atoms with Gasteiger partial charge in [-0.3, -0.25) is 0 Å². The molecule has 0 radical (unpaired) electrons. The minimum absolute atomic E-state index is 0.272. The van der Waals surface area contributed by atoms with Gasteiger partial charge >= 0.3 is 11.8 Å². The van der Waals surface area contributed by atoms with Gasteiger partial charge in [-0.1, -0.05) is 0 Å². The van der Waals surface area contributed by atoms with Crippen molar-refractivity contribution in [3.05, 3.63) is 65.3 Å². The van der Waals surface area contributed by atoms with E-state index in [0.717, 1.165) is 43.2 Å². The van der Waals surface area contributed by atoms with E-state index < -0.39 is 11.7 Å². The van der Waals surface area contributed by atoms with Crippen LogP contribution in [0.3, 0.4) is 0 Å². The summed E-state index contributed by atoms with van der Waals surface area (Å²) >= 11 is 0. The molecule has 2 atom stereocenters. The molecule has 1 amide bonds. The molecule has 2 heterocycles. The number of phenolic OH excluding ortho intramolecular Hbond substituents is 1. The summed E-state index contributed by atoms with van der Waals surface area (Å²) in [6.07, 6.45) is 0.976. The molecule has 0 bridgehead atoms. The minimum Gasteiger partial charge on any atom is -0.508 e. The maximum absolute atomic E-state index is 13.1. The Morgan fingerprint density at radius 3 is 1.92 bits per heavy atom. The maximum Gasteiger partial charge on any atom is 0.407 e. The van der Waals surface area contributed by atoms with Gasteiger partial charge in [-0.15, -0.1) is 0 Å². The molecule has 10 nitrogen and oxygen atoms in total. The summed E-state index contributed by atoms with van der Waals surface area (Å²) in [5.41, 5.74) is 2.05. The van der Waals surface area contributed by atoms with Crippen LogP contribution in [-0.4, -0.2) is 63.4 Å². The Hall–Kier alpha value is -3.95. The zero-order valence-electron chi connectivity index (χ0n) is 22.1. The van der Waals surface area contributed by atoms with Crippen molar-refractivity contribution in [3.8, 4) is 11.4 Å². The molecule has 2 aromatic carbocycles. The molecule has 0 unspecified atom stereocenters. The maximum atomic E-state index is 13.1. The predicted molar refractivity (Wildman–Crippen MR) is 144 cm³/mol. The summed E-state index contributed by atoms with van der Waals surface area (Å²) in [5, 5.41) is 16.6. The zero-order chi connectivity index (χ0) is 26.7. The van der Waals surface area contributed by atoms with Crippen LogP contribution in [0.15, 0.2) is 59.7 Å². The van der Waals surface area contributed by atoms with E-state index in [-0.39, 0.29) is 23.5 Å². The van der Waals surface area contributed by atoms with Crippen LogP contribution in [0.2, 0.25) is 0 Å². The number of amides is 1. The molecule has 4 rings (SSSR count). The van der Waals surface area contributed by atoms with Gasteiger partial charge in [-0.2, -0.15) is 5.10 Å². The number of rotatable bonds is 6. The highest BCUT2D eigenvalue weighted by molar-refractivity contribution is 5.68. The number of benzene rings is 2. The number of nitrogens with zero attached hydrogens (tertiary/aromatic N) is 5. The zero-order valence-corrected chi connectivity index (χ0v) is 22.1. The third-order valence-corrected chi connectivity index (χ3v) is 6.53. The van der Waals surface area contributed by atoms with E-state index in [1.807, 2.05) is 50.2 Å². The molecule has 37 heavy (non-hydrogen) atoms.